The number of fused-ring (bicyclic) bond motifs is 8. The molecule has 0 fully saturated rings. The highest BCUT2D eigenvalue weighted by Crippen LogP contribution is 2.47. The van der Waals surface area contributed by atoms with E-state index in [0.717, 1.165) is 61.4 Å². The Hall–Kier alpha value is -7.01. The Morgan fingerprint density at radius 3 is 1.73 bits per heavy atom. The lowest BCUT2D eigenvalue weighted by atomic mass is 9.92. The van der Waals surface area contributed by atoms with Gasteiger partial charge in [-0.05, 0) is 63.0 Å². The second-order valence-electron chi connectivity index (χ2n) is 13.9. The summed E-state index contributed by atoms with van der Waals surface area (Å²) >= 11 is 1.83. The van der Waals surface area contributed by atoms with Crippen LogP contribution in [0.4, 0.5) is 0 Å². The molecule has 0 radical (unpaired) electrons. The molecule has 0 atom stereocenters. The van der Waals surface area contributed by atoms with Crippen LogP contribution in [-0.2, 0) is 0 Å². The third kappa shape index (κ3) is 5.30. The molecule has 11 aromatic rings. The van der Waals surface area contributed by atoms with E-state index in [1.165, 1.54) is 41.7 Å². The number of aromatic nitrogens is 3. The topological polar surface area (TPSA) is 38.7 Å². The van der Waals surface area contributed by atoms with Crippen molar-refractivity contribution in [1.82, 2.24) is 15.0 Å². The molecule has 0 unspecified atom stereocenters. The van der Waals surface area contributed by atoms with Gasteiger partial charge in [0.2, 0.25) is 0 Å². The number of benzene rings is 8. The number of thiophene rings is 1. The first-order valence-electron chi connectivity index (χ1n) is 18.5. The zero-order valence-electron chi connectivity index (χ0n) is 29.6. The van der Waals surface area contributed by atoms with Gasteiger partial charge in [-0.25, -0.2) is 15.0 Å². The molecule has 0 N–H and O–H groups in total. The molecule has 3 heterocycles. The van der Waals surface area contributed by atoms with Crippen molar-refractivity contribution in [3.63, 3.8) is 0 Å². The van der Waals surface area contributed by atoms with E-state index in [1.807, 2.05) is 23.5 Å². The van der Waals surface area contributed by atoms with E-state index in [0.29, 0.717) is 5.82 Å². The van der Waals surface area contributed by atoms with Crippen LogP contribution in [0, 0.1) is 0 Å². The van der Waals surface area contributed by atoms with Gasteiger partial charge in [0.15, 0.2) is 5.82 Å². The molecule has 0 bridgehead atoms. The minimum atomic E-state index is 0.692. The van der Waals surface area contributed by atoms with E-state index in [9.17, 15) is 0 Å². The van der Waals surface area contributed by atoms with Gasteiger partial charge < -0.3 is 0 Å². The van der Waals surface area contributed by atoms with Crippen LogP contribution in [0.25, 0.3) is 109 Å². The molecule has 0 spiro atoms. The van der Waals surface area contributed by atoms with E-state index in [1.54, 1.807) is 0 Å². The Bertz CT molecular complexity index is 3200. The lowest BCUT2D eigenvalue weighted by molar-refractivity contribution is 1.18. The van der Waals surface area contributed by atoms with Crippen LogP contribution in [0.1, 0.15) is 0 Å². The van der Waals surface area contributed by atoms with Gasteiger partial charge in [0.25, 0.3) is 0 Å². The molecule has 11 rings (SSSR count). The van der Waals surface area contributed by atoms with Gasteiger partial charge in [0.1, 0.15) is 0 Å². The maximum atomic E-state index is 5.57. The fourth-order valence-electron chi connectivity index (χ4n) is 8.12. The Balaban J connectivity index is 1.15. The number of hydrogen-bond acceptors (Lipinski definition) is 4. The predicted molar refractivity (Wildman–Crippen MR) is 232 cm³/mol. The van der Waals surface area contributed by atoms with Gasteiger partial charge in [0.05, 0.1) is 27.3 Å². The fraction of sp³-hybridized carbons (Fsp3) is 0. The lowest BCUT2D eigenvalue weighted by Gasteiger charge is -2.15. The monoisotopic (exact) mass is 717 g/mol. The van der Waals surface area contributed by atoms with Crippen molar-refractivity contribution in [3.05, 3.63) is 188 Å². The average molecular weight is 718 g/mol. The van der Waals surface area contributed by atoms with Gasteiger partial charge in [-0.3, -0.25) is 0 Å². The molecular formula is C51H31N3S. The van der Waals surface area contributed by atoms with E-state index in [4.69, 9.17) is 15.0 Å². The molecule has 0 aliphatic heterocycles. The molecule has 3 nitrogen and oxygen atoms in total. The Labute approximate surface area is 321 Å². The van der Waals surface area contributed by atoms with Crippen molar-refractivity contribution >= 4 is 64.0 Å². The molecule has 0 saturated carbocycles. The smallest absolute Gasteiger partial charge is 0.160 e. The Morgan fingerprint density at radius 2 is 0.964 bits per heavy atom. The molecule has 8 aromatic carbocycles. The zero-order chi connectivity index (χ0) is 36.3. The highest BCUT2D eigenvalue weighted by molar-refractivity contribution is 7.26. The first kappa shape index (κ1) is 31.5. The summed E-state index contributed by atoms with van der Waals surface area (Å²) < 4.78 is 2.45. The summed E-state index contributed by atoms with van der Waals surface area (Å²) in [5.41, 5.74) is 10.2. The summed E-state index contributed by atoms with van der Waals surface area (Å²) in [5.74, 6) is 0.692. The molecule has 256 valence electrons. The SMILES string of the molecule is c1ccc(-c2cc(-c3ccccc3)nc(-c3cccc(-c4cccc5nc(-c6cc7ccccc7c7ccccc67)c6sc7ccccc7c6c45)c3)n2)cc1. The molecule has 0 aliphatic carbocycles. The number of pyridine rings is 1. The van der Waals surface area contributed by atoms with Gasteiger partial charge >= 0.3 is 0 Å². The van der Waals surface area contributed by atoms with Crippen molar-refractivity contribution < 1.29 is 0 Å². The predicted octanol–water partition coefficient (Wildman–Crippen LogP) is 14.0. The number of rotatable bonds is 5. The van der Waals surface area contributed by atoms with E-state index in [-0.39, 0.29) is 0 Å². The van der Waals surface area contributed by atoms with Crippen molar-refractivity contribution in [3.8, 4) is 56.3 Å². The summed E-state index contributed by atoms with van der Waals surface area (Å²) in [7, 11) is 0. The Morgan fingerprint density at radius 1 is 0.364 bits per heavy atom. The third-order valence-electron chi connectivity index (χ3n) is 10.7. The highest BCUT2D eigenvalue weighted by Gasteiger charge is 2.21. The third-order valence-corrected chi connectivity index (χ3v) is 11.8. The van der Waals surface area contributed by atoms with Crippen LogP contribution >= 0.6 is 11.3 Å². The van der Waals surface area contributed by atoms with Crippen LogP contribution < -0.4 is 0 Å². The van der Waals surface area contributed by atoms with Crippen molar-refractivity contribution in [2.24, 2.45) is 0 Å². The lowest BCUT2D eigenvalue weighted by Crippen LogP contribution is -1.96. The van der Waals surface area contributed by atoms with E-state index >= 15 is 0 Å². The molecular weight excluding hydrogens is 687 g/mol. The van der Waals surface area contributed by atoms with Crippen molar-refractivity contribution in [2.45, 2.75) is 0 Å². The maximum absolute atomic E-state index is 5.57. The summed E-state index contributed by atoms with van der Waals surface area (Å²) in [6.45, 7) is 0. The molecule has 3 aromatic heterocycles. The summed E-state index contributed by atoms with van der Waals surface area (Å²) in [6, 6.07) is 66.5. The summed E-state index contributed by atoms with van der Waals surface area (Å²) in [6.07, 6.45) is 0. The molecule has 0 saturated heterocycles. The Kier molecular flexibility index (Phi) is 7.35. The van der Waals surface area contributed by atoms with Gasteiger partial charge in [-0.1, -0.05) is 158 Å². The van der Waals surface area contributed by atoms with Gasteiger partial charge in [0, 0.05) is 43.1 Å². The van der Waals surface area contributed by atoms with Crippen LogP contribution in [0.3, 0.4) is 0 Å². The van der Waals surface area contributed by atoms with Crippen LogP contribution in [0.5, 0.6) is 0 Å². The van der Waals surface area contributed by atoms with E-state index in [2.05, 4.69) is 176 Å². The molecule has 0 aliphatic rings. The second kappa shape index (κ2) is 12.8. The summed E-state index contributed by atoms with van der Waals surface area (Å²) in [5, 5.41) is 8.57. The second-order valence-corrected chi connectivity index (χ2v) is 15.0. The first-order chi connectivity index (χ1) is 27.3. The normalized spacial score (nSPS) is 11.6. The van der Waals surface area contributed by atoms with Crippen molar-refractivity contribution in [1.29, 1.82) is 0 Å². The zero-order valence-corrected chi connectivity index (χ0v) is 30.5. The standard InChI is InChI=1S/C51H31N3S/c1-3-15-32(16-4-1)44-31-45(33-17-5-2-6-18-33)54-51(53-44)36-21-13-20-34(29-36)38-26-14-27-43-47(38)48-41-25-11-12-28-46(41)55-50(48)49(52-43)42-30-35-19-7-8-22-37(35)39-23-9-10-24-40(39)42/h1-31H. The van der Waals surface area contributed by atoms with Crippen LogP contribution in [-0.4, -0.2) is 15.0 Å². The number of nitrogens with zero attached hydrogens (tertiary/aromatic N) is 3. The van der Waals surface area contributed by atoms with Crippen LogP contribution in [0.15, 0.2) is 188 Å². The average Bonchev–Trinajstić information content (AvgIpc) is 3.66. The maximum Gasteiger partial charge on any atom is 0.160 e. The van der Waals surface area contributed by atoms with Gasteiger partial charge in [-0.2, -0.15) is 0 Å². The fourth-order valence-corrected chi connectivity index (χ4v) is 9.33. The quantitative estimate of drug-likeness (QED) is 0.166. The van der Waals surface area contributed by atoms with E-state index < -0.39 is 0 Å². The minimum Gasteiger partial charge on any atom is -0.246 e. The molecule has 4 heteroatoms. The highest BCUT2D eigenvalue weighted by atomic mass is 32.1. The minimum absolute atomic E-state index is 0.692. The van der Waals surface area contributed by atoms with Crippen molar-refractivity contribution in [2.75, 3.05) is 0 Å². The number of hydrogen-bond donors (Lipinski definition) is 0. The largest absolute Gasteiger partial charge is 0.246 e. The van der Waals surface area contributed by atoms with Crippen LogP contribution in [0.2, 0.25) is 0 Å². The van der Waals surface area contributed by atoms with Gasteiger partial charge in [-0.15, -0.1) is 11.3 Å². The molecule has 55 heavy (non-hydrogen) atoms. The summed E-state index contributed by atoms with van der Waals surface area (Å²) in [4.78, 5) is 15.9. The molecule has 0 amide bonds. The first-order valence-corrected chi connectivity index (χ1v) is 19.3.